The molecule has 8 nitrogen and oxygen atoms in total. The first-order valence-corrected chi connectivity index (χ1v) is 8.65. The fourth-order valence-corrected chi connectivity index (χ4v) is 3.20. The lowest BCUT2D eigenvalue weighted by Crippen LogP contribution is -2.47. The Kier molecular flexibility index (Phi) is 5.32. The van der Waals surface area contributed by atoms with Crippen LogP contribution in [0.3, 0.4) is 0 Å². The summed E-state index contributed by atoms with van der Waals surface area (Å²) in [5.41, 5.74) is -0.598. The zero-order valence-electron chi connectivity index (χ0n) is 15.0. The highest BCUT2D eigenvalue weighted by Crippen LogP contribution is 2.15. The average Bonchev–Trinajstić information content (AvgIpc) is 2.65. The van der Waals surface area contributed by atoms with Gasteiger partial charge in [0.1, 0.15) is 5.56 Å². The summed E-state index contributed by atoms with van der Waals surface area (Å²) in [4.78, 5) is 48.1. The molecule has 2 aromatic rings. The Labute approximate surface area is 151 Å². The number of carbonyl (C=O) groups is 1. The molecule has 0 saturated carbocycles. The van der Waals surface area contributed by atoms with E-state index in [-0.39, 0.29) is 24.1 Å². The van der Waals surface area contributed by atoms with Gasteiger partial charge in [0.05, 0.1) is 12.2 Å². The SMILES string of the molecule is CN1CCC(N(C)C(=O)c2c[nH]c(=O)n(Cc3ccccn3)c2=O)CC1. The monoisotopic (exact) mass is 357 g/mol. The number of amides is 1. The second-order valence-electron chi connectivity index (χ2n) is 6.67. The van der Waals surface area contributed by atoms with E-state index in [2.05, 4.69) is 21.9 Å². The third-order valence-corrected chi connectivity index (χ3v) is 4.89. The van der Waals surface area contributed by atoms with E-state index in [9.17, 15) is 14.4 Å². The first-order chi connectivity index (χ1) is 12.5. The maximum Gasteiger partial charge on any atom is 0.328 e. The van der Waals surface area contributed by atoms with E-state index in [1.165, 1.54) is 6.20 Å². The smallest absolute Gasteiger partial charge is 0.328 e. The van der Waals surface area contributed by atoms with Crippen molar-refractivity contribution in [2.75, 3.05) is 27.2 Å². The van der Waals surface area contributed by atoms with Crippen LogP contribution in [0.1, 0.15) is 28.9 Å². The molecule has 0 unspecified atom stereocenters. The lowest BCUT2D eigenvalue weighted by atomic mass is 10.0. The van der Waals surface area contributed by atoms with Crippen LogP contribution in [0.5, 0.6) is 0 Å². The lowest BCUT2D eigenvalue weighted by Gasteiger charge is -2.35. The summed E-state index contributed by atoms with van der Waals surface area (Å²) in [5.74, 6) is -0.365. The minimum atomic E-state index is -0.593. The summed E-state index contributed by atoms with van der Waals surface area (Å²) in [6.45, 7) is 1.85. The number of aromatic nitrogens is 3. The number of likely N-dealkylation sites (tertiary alicyclic amines) is 1. The van der Waals surface area contributed by atoms with Crippen molar-refractivity contribution in [3.63, 3.8) is 0 Å². The number of rotatable bonds is 4. The molecule has 138 valence electrons. The van der Waals surface area contributed by atoms with Crippen molar-refractivity contribution >= 4 is 5.91 Å². The molecule has 0 atom stereocenters. The number of aromatic amines is 1. The van der Waals surface area contributed by atoms with Gasteiger partial charge in [-0.1, -0.05) is 6.07 Å². The van der Waals surface area contributed by atoms with E-state index in [4.69, 9.17) is 0 Å². The first-order valence-electron chi connectivity index (χ1n) is 8.65. The molecule has 1 fully saturated rings. The summed E-state index contributed by atoms with van der Waals surface area (Å²) in [7, 11) is 3.77. The molecule has 0 radical (unpaired) electrons. The Balaban J connectivity index is 1.86. The zero-order chi connectivity index (χ0) is 18.7. The summed E-state index contributed by atoms with van der Waals surface area (Å²) >= 11 is 0. The number of nitrogens with one attached hydrogen (secondary N) is 1. The maximum atomic E-state index is 12.8. The lowest BCUT2D eigenvalue weighted by molar-refractivity contribution is 0.0656. The van der Waals surface area contributed by atoms with E-state index in [1.807, 2.05) is 0 Å². The Morgan fingerprint density at radius 2 is 2.04 bits per heavy atom. The van der Waals surface area contributed by atoms with Crippen LogP contribution in [0.4, 0.5) is 0 Å². The van der Waals surface area contributed by atoms with Crippen LogP contribution in [0, 0.1) is 0 Å². The molecule has 1 N–H and O–H groups in total. The standard InChI is InChI=1S/C18H23N5O3/c1-21-9-6-14(7-10-21)22(2)16(24)15-11-20-18(26)23(17(15)25)12-13-5-3-4-8-19-13/h3-5,8,11,14H,6-7,9-10,12H2,1-2H3,(H,20,26). The summed E-state index contributed by atoms with van der Waals surface area (Å²) in [6, 6.07) is 5.36. The van der Waals surface area contributed by atoms with Crippen LogP contribution in [0.25, 0.3) is 0 Å². The topological polar surface area (TPSA) is 91.3 Å². The summed E-state index contributed by atoms with van der Waals surface area (Å²) in [5, 5.41) is 0. The fraction of sp³-hybridized carbons (Fsp3) is 0.444. The number of piperidine rings is 1. The van der Waals surface area contributed by atoms with Gasteiger partial charge in [-0.25, -0.2) is 4.79 Å². The number of carbonyl (C=O) groups excluding carboxylic acids is 1. The highest BCUT2D eigenvalue weighted by molar-refractivity contribution is 5.93. The van der Waals surface area contributed by atoms with Crippen molar-refractivity contribution in [1.29, 1.82) is 0 Å². The van der Waals surface area contributed by atoms with E-state index in [0.29, 0.717) is 5.69 Å². The molecule has 26 heavy (non-hydrogen) atoms. The van der Waals surface area contributed by atoms with Crippen molar-refractivity contribution in [1.82, 2.24) is 24.3 Å². The minimum Gasteiger partial charge on any atom is -0.338 e. The van der Waals surface area contributed by atoms with Crippen LogP contribution in [0.15, 0.2) is 40.2 Å². The molecule has 1 aliphatic heterocycles. The molecular formula is C18H23N5O3. The van der Waals surface area contributed by atoms with Gasteiger partial charge < -0.3 is 14.8 Å². The Morgan fingerprint density at radius 3 is 2.69 bits per heavy atom. The van der Waals surface area contributed by atoms with Gasteiger partial charge in [0.25, 0.3) is 11.5 Å². The number of H-pyrrole nitrogens is 1. The molecular weight excluding hydrogens is 334 g/mol. The molecule has 0 spiro atoms. The molecule has 1 amide bonds. The quantitative estimate of drug-likeness (QED) is 0.841. The zero-order valence-corrected chi connectivity index (χ0v) is 15.0. The predicted octanol–water partition coefficient (Wildman–Crippen LogP) is 0.146. The van der Waals surface area contributed by atoms with Gasteiger partial charge >= 0.3 is 5.69 Å². The van der Waals surface area contributed by atoms with Gasteiger partial charge in [-0.05, 0) is 45.1 Å². The second kappa shape index (κ2) is 7.65. The molecule has 1 aliphatic rings. The molecule has 0 aliphatic carbocycles. The van der Waals surface area contributed by atoms with Gasteiger partial charge in [-0.2, -0.15) is 0 Å². The molecule has 3 rings (SSSR count). The maximum absolute atomic E-state index is 12.8. The largest absolute Gasteiger partial charge is 0.338 e. The second-order valence-corrected chi connectivity index (χ2v) is 6.67. The van der Waals surface area contributed by atoms with Crippen molar-refractivity contribution < 1.29 is 4.79 Å². The molecule has 3 heterocycles. The fourth-order valence-electron chi connectivity index (χ4n) is 3.20. The third kappa shape index (κ3) is 3.75. The van der Waals surface area contributed by atoms with Crippen LogP contribution >= 0.6 is 0 Å². The molecule has 2 aromatic heterocycles. The van der Waals surface area contributed by atoms with E-state index < -0.39 is 11.2 Å². The highest BCUT2D eigenvalue weighted by Gasteiger charge is 2.27. The molecule has 1 saturated heterocycles. The number of hydrogen-bond acceptors (Lipinski definition) is 5. The van der Waals surface area contributed by atoms with Gasteiger partial charge in [-0.15, -0.1) is 0 Å². The number of pyridine rings is 1. The predicted molar refractivity (Wildman–Crippen MR) is 97.3 cm³/mol. The van der Waals surface area contributed by atoms with Gasteiger partial charge in [0.15, 0.2) is 0 Å². The average molecular weight is 357 g/mol. The van der Waals surface area contributed by atoms with Crippen molar-refractivity contribution in [2.24, 2.45) is 0 Å². The summed E-state index contributed by atoms with van der Waals surface area (Å²) in [6.07, 6.45) is 4.54. The Morgan fingerprint density at radius 1 is 1.31 bits per heavy atom. The molecule has 0 bridgehead atoms. The Hall–Kier alpha value is -2.74. The number of nitrogens with zero attached hydrogens (tertiary/aromatic N) is 4. The number of hydrogen-bond donors (Lipinski definition) is 1. The van der Waals surface area contributed by atoms with Crippen molar-refractivity contribution in [2.45, 2.75) is 25.4 Å². The van der Waals surface area contributed by atoms with Gasteiger partial charge in [0.2, 0.25) is 0 Å². The van der Waals surface area contributed by atoms with Crippen LogP contribution in [0.2, 0.25) is 0 Å². The Bertz CT molecular complexity index is 882. The van der Waals surface area contributed by atoms with Crippen molar-refractivity contribution in [3.05, 3.63) is 62.7 Å². The van der Waals surface area contributed by atoms with E-state index in [1.54, 1.807) is 36.3 Å². The van der Waals surface area contributed by atoms with Gasteiger partial charge in [-0.3, -0.25) is 19.1 Å². The van der Waals surface area contributed by atoms with Crippen LogP contribution < -0.4 is 11.2 Å². The molecule has 8 heteroatoms. The minimum absolute atomic E-state index is 0.0219. The van der Waals surface area contributed by atoms with E-state index in [0.717, 1.165) is 30.5 Å². The highest BCUT2D eigenvalue weighted by atomic mass is 16.2. The third-order valence-electron chi connectivity index (χ3n) is 4.89. The normalized spacial score (nSPS) is 15.8. The van der Waals surface area contributed by atoms with Crippen molar-refractivity contribution in [3.8, 4) is 0 Å². The molecule has 0 aromatic carbocycles. The summed E-state index contributed by atoms with van der Waals surface area (Å²) < 4.78 is 1.01. The van der Waals surface area contributed by atoms with Crippen LogP contribution in [-0.2, 0) is 6.54 Å². The first kappa shape index (κ1) is 18.1. The van der Waals surface area contributed by atoms with Crippen LogP contribution in [-0.4, -0.2) is 63.5 Å². The van der Waals surface area contributed by atoms with E-state index >= 15 is 0 Å². The van der Waals surface area contributed by atoms with Gasteiger partial charge in [0, 0.05) is 25.5 Å².